The Labute approximate surface area is 129 Å². The molecule has 0 aromatic heterocycles. The quantitative estimate of drug-likeness (QED) is 0.621. The highest BCUT2D eigenvalue weighted by atomic mass is 35.5. The predicted octanol–water partition coefficient (Wildman–Crippen LogP) is 4.85. The van der Waals surface area contributed by atoms with Crippen LogP contribution in [-0.2, 0) is 0 Å². The minimum absolute atomic E-state index is 0.111. The number of carbonyl (C=O) groups excluding carboxylic acids is 1. The fourth-order valence-corrected chi connectivity index (χ4v) is 2.22. The van der Waals surface area contributed by atoms with E-state index in [-0.39, 0.29) is 16.0 Å². The van der Waals surface area contributed by atoms with Gasteiger partial charge in [0, 0.05) is 16.8 Å². The van der Waals surface area contributed by atoms with Gasteiger partial charge in [0.25, 0.3) is 5.24 Å². The summed E-state index contributed by atoms with van der Waals surface area (Å²) < 4.78 is 0. The highest BCUT2D eigenvalue weighted by Crippen LogP contribution is 2.22. The van der Waals surface area contributed by atoms with Crippen molar-refractivity contribution in [3.63, 3.8) is 0 Å². The van der Waals surface area contributed by atoms with Gasteiger partial charge in [-0.25, -0.2) is 0 Å². The minimum atomic E-state index is -0.255. The molecule has 106 valence electrons. The molecule has 0 fully saturated rings. The second kappa shape index (κ2) is 8.03. The molecular formula is C14H19Cl2NOS. The molecule has 0 bridgehead atoms. The number of thioether (sulfide) groups is 1. The van der Waals surface area contributed by atoms with Gasteiger partial charge < -0.3 is 5.32 Å². The highest BCUT2D eigenvalue weighted by molar-refractivity contribution is 8.13. The maximum absolute atomic E-state index is 11.7. The summed E-state index contributed by atoms with van der Waals surface area (Å²) in [7, 11) is 0. The zero-order valence-electron chi connectivity index (χ0n) is 11.3. The summed E-state index contributed by atoms with van der Waals surface area (Å²) in [5.74, 6) is 0.495. The molecule has 2 nitrogen and oxygen atoms in total. The van der Waals surface area contributed by atoms with Gasteiger partial charge in [-0.1, -0.05) is 26.0 Å². The first-order valence-electron chi connectivity index (χ1n) is 6.24. The van der Waals surface area contributed by atoms with Crippen LogP contribution in [-0.4, -0.2) is 22.5 Å². The molecule has 0 saturated carbocycles. The van der Waals surface area contributed by atoms with Gasteiger partial charge >= 0.3 is 0 Å². The van der Waals surface area contributed by atoms with Gasteiger partial charge in [0.1, 0.15) is 0 Å². The number of amides is 1. The van der Waals surface area contributed by atoms with Crippen molar-refractivity contribution in [1.29, 1.82) is 0 Å². The van der Waals surface area contributed by atoms with E-state index in [9.17, 15) is 4.79 Å². The third-order valence-electron chi connectivity index (χ3n) is 2.70. The van der Waals surface area contributed by atoms with E-state index >= 15 is 0 Å². The second-order valence-electron chi connectivity index (χ2n) is 4.69. The molecule has 2 unspecified atom stereocenters. The van der Waals surface area contributed by atoms with Crippen LogP contribution in [0.3, 0.4) is 0 Å². The fourth-order valence-electron chi connectivity index (χ4n) is 1.41. The van der Waals surface area contributed by atoms with Crippen LogP contribution in [0.25, 0.3) is 0 Å². The van der Waals surface area contributed by atoms with Crippen LogP contribution >= 0.6 is 35.0 Å². The number of benzene rings is 1. The number of nitrogens with one attached hydrogen (secondary N) is 1. The van der Waals surface area contributed by atoms with Gasteiger partial charge in [0.15, 0.2) is 0 Å². The SMILES string of the molecule is CC(C)c1ccc(SC(=O)NCC(Cl)C(C)Cl)cc1. The maximum atomic E-state index is 11.7. The van der Waals surface area contributed by atoms with Crippen LogP contribution in [0.4, 0.5) is 4.79 Å². The van der Waals surface area contributed by atoms with Gasteiger partial charge in [-0.05, 0) is 42.3 Å². The Balaban J connectivity index is 2.44. The summed E-state index contributed by atoms with van der Waals surface area (Å²) >= 11 is 13.0. The average Bonchev–Trinajstić information content (AvgIpc) is 2.36. The highest BCUT2D eigenvalue weighted by Gasteiger charge is 2.13. The van der Waals surface area contributed by atoms with Gasteiger partial charge in [-0.2, -0.15) is 0 Å². The van der Waals surface area contributed by atoms with E-state index < -0.39 is 0 Å². The standard InChI is InChI=1S/C14H19Cl2NOS/c1-9(2)11-4-6-12(7-5-11)19-14(18)17-8-13(16)10(3)15/h4-7,9-10,13H,8H2,1-3H3,(H,17,18). The van der Waals surface area contributed by atoms with Gasteiger partial charge in [0.05, 0.1) is 5.38 Å². The third-order valence-corrected chi connectivity index (χ3v) is 4.50. The number of carbonyl (C=O) groups is 1. The van der Waals surface area contributed by atoms with E-state index in [0.717, 1.165) is 4.90 Å². The lowest BCUT2D eigenvalue weighted by molar-refractivity contribution is 0.260. The first kappa shape index (κ1) is 16.7. The maximum Gasteiger partial charge on any atom is 0.283 e. The summed E-state index contributed by atoms with van der Waals surface area (Å²) in [6.45, 7) is 6.47. The Morgan fingerprint density at radius 1 is 1.21 bits per heavy atom. The number of alkyl halides is 2. The molecule has 2 atom stereocenters. The molecule has 0 radical (unpaired) electrons. The summed E-state index contributed by atoms with van der Waals surface area (Å²) in [5, 5.41) is 2.22. The van der Waals surface area contributed by atoms with Crippen molar-refractivity contribution >= 4 is 40.2 Å². The third kappa shape index (κ3) is 6.07. The molecule has 1 N–H and O–H groups in total. The molecule has 5 heteroatoms. The summed E-state index contributed by atoms with van der Waals surface area (Å²) in [4.78, 5) is 12.6. The average molecular weight is 320 g/mol. The van der Waals surface area contributed by atoms with Gasteiger partial charge in [-0.3, -0.25) is 4.79 Å². The van der Waals surface area contributed by atoms with Crippen LogP contribution in [0, 0.1) is 0 Å². The Hall–Kier alpha value is -0.380. The van der Waals surface area contributed by atoms with E-state index in [0.29, 0.717) is 12.5 Å². The predicted molar refractivity (Wildman–Crippen MR) is 84.7 cm³/mol. The van der Waals surface area contributed by atoms with Gasteiger partial charge in [0.2, 0.25) is 0 Å². The van der Waals surface area contributed by atoms with Crippen LogP contribution in [0.15, 0.2) is 29.2 Å². The molecule has 19 heavy (non-hydrogen) atoms. The first-order valence-corrected chi connectivity index (χ1v) is 7.93. The molecule has 1 aromatic rings. The Kier molecular flexibility index (Phi) is 7.05. The van der Waals surface area contributed by atoms with E-state index in [1.54, 1.807) is 0 Å². The van der Waals surface area contributed by atoms with Crippen molar-refractivity contribution < 1.29 is 4.79 Å². The normalized spacial score (nSPS) is 14.2. The largest absolute Gasteiger partial charge is 0.345 e. The van der Waals surface area contributed by atoms with Crippen LogP contribution < -0.4 is 5.32 Å². The van der Waals surface area contributed by atoms with Crippen LogP contribution in [0.1, 0.15) is 32.3 Å². The van der Waals surface area contributed by atoms with Crippen LogP contribution in [0.5, 0.6) is 0 Å². The second-order valence-corrected chi connectivity index (χ2v) is 6.98. The zero-order chi connectivity index (χ0) is 14.4. The van der Waals surface area contributed by atoms with Crippen molar-refractivity contribution in [3.8, 4) is 0 Å². The Bertz CT molecular complexity index is 406. The molecule has 0 heterocycles. The van der Waals surface area contributed by atoms with Crippen molar-refractivity contribution in [2.24, 2.45) is 0 Å². The molecule has 0 saturated heterocycles. The molecule has 0 spiro atoms. The Morgan fingerprint density at radius 3 is 2.26 bits per heavy atom. The lowest BCUT2D eigenvalue weighted by Gasteiger charge is -2.12. The van der Waals surface area contributed by atoms with Crippen molar-refractivity contribution in [2.75, 3.05) is 6.54 Å². The minimum Gasteiger partial charge on any atom is -0.345 e. The molecule has 1 amide bonds. The molecule has 0 aliphatic rings. The zero-order valence-corrected chi connectivity index (χ0v) is 13.6. The van der Waals surface area contributed by atoms with E-state index in [1.807, 2.05) is 31.2 Å². The van der Waals surface area contributed by atoms with Crippen molar-refractivity contribution in [3.05, 3.63) is 29.8 Å². The summed E-state index contributed by atoms with van der Waals surface area (Å²) in [6, 6.07) is 8.01. The number of hydrogen-bond acceptors (Lipinski definition) is 2. The monoisotopic (exact) mass is 319 g/mol. The molecule has 1 rings (SSSR count). The number of rotatable bonds is 5. The number of halogens is 2. The van der Waals surface area contributed by atoms with E-state index in [1.165, 1.54) is 17.3 Å². The fraction of sp³-hybridized carbons (Fsp3) is 0.500. The first-order chi connectivity index (χ1) is 8.90. The van der Waals surface area contributed by atoms with Gasteiger partial charge in [-0.15, -0.1) is 23.2 Å². The number of hydrogen-bond donors (Lipinski definition) is 1. The summed E-state index contributed by atoms with van der Waals surface area (Å²) in [5.41, 5.74) is 1.27. The lowest BCUT2D eigenvalue weighted by atomic mass is 10.0. The lowest BCUT2D eigenvalue weighted by Crippen LogP contribution is -2.30. The van der Waals surface area contributed by atoms with E-state index in [4.69, 9.17) is 23.2 Å². The molecule has 0 aliphatic carbocycles. The Morgan fingerprint density at radius 2 is 1.79 bits per heavy atom. The molecule has 1 aromatic carbocycles. The van der Waals surface area contributed by atoms with Crippen LogP contribution in [0.2, 0.25) is 0 Å². The van der Waals surface area contributed by atoms with Crippen molar-refractivity contribution in [2.45, 2.75) is 42.3 Å². The van der Waals surface area contributed by atoms with E-state index in [2.05, 4.69) is 19.2 Å². The molecular weight excluding hydrogens is 301 g/mol. The summed E-state index contributed by atoms with van der Waals surface area (Å²) in [6.07, 6.45) is 0. The molecule has 0 aliphatic heterocycles. The smallest absolute Gasteiger partial charge is 0.283 e. The van der Waals surface area contributed by atoms with Crippen molar-refractivity contribution in [1.82, 2.24) is 5.32 Å². The topological polar surface area (TPSA) is 29.1 Å².